The minimum absolute atomic E-state index is 1.09. The summed E-state index contributed by atoms with van der Waals surface area (Å²) in [7, 11) is 0. The fraction of sp³-hybridized carbons (Fsp3) is 0.286. The predicted molar refractivity (Wildman–Crippen MR) is 61.2 cm³/mol. The summed E-state index contributed by atoms with van der Waals surface area (Å²) in [6.07, 6.45) is 14.1. The van der Waals surface area contributed by atoms with Crippen molar-refractivity contribution < 1.29 is 0 Å². The standard InChI is InChI=1S/C14H14/c1-2-6-12-10-14-8-4-3-7-13(14)9-11(12)5-1/h1,5-7,9-10H,2-4,8H2. The van der Waals surface area contributed by atoms with Gasteiger partial charge < -0.3 is 0 Å². The number of hydrogen-bond donors (Lipinski definition) is 0. The molecule has 2 aliphatic carbocycles. The maximum absolute atomic E-state index is 2.38. The molecule has 14 heavy (non-hydrogen) atoms. The molecule has 0 aliphatic heterocycles. The first kappa shape index (κ1) is 8.05. The molecule has 0 bridgehead atoms. The van der Waals surface area contributed by atoms with Crippen LogP contribution in [0.5, 0.6) is 0 Å². The molecule has 0 amide bonds. The molecular weight excluding hydrogens is 168 g/mol. The topological polar surface area (TPSA) is 0 Å². The quantitative estimate of drug-likeness (QED) is 0.575. The Morgan fingerprint density at radius 1 is 1.00 bits per heavy atom. The fourth-order valence-corrected chi connectivity index (χ4v) is 2.37. The lowest BCUT2D eigenvalue weighted by atomic mass is 9.94. The number of hydrogen-bond acceptors (Lipinski definition) is 0. The van der Waals surface area contributed by atoms with Crippen molar-refractivity contribution in [1.82, 2.24) is 0 Å². The highest BCUT2D eigenvalue weighted by molar-refractivity contribution is 5.58. The van der Waals surface area contributed by atoms with Crippen LogP contribution in [0.3, 0.4) is 0 Å². The summed E-state index contributed by atoms with van der Waals surface area (Å²) in [6.45, 7) is 0. The van der Waals surface area contributed by atoms with Gasteiger partial charge in [-0.1, -0.05) is 30.4 Å². The van der Waals surface area contributed by atoms with Crippen molar-refractivity contribution in [2.45, 2.75) is 25.7 Å². The van der Waals surface area contributed by atoms with E-state index < -0.39 is 0 Å². The summed E-state index contributed by atoms with van der Waals surface area (Å²) in [5.74, 6) is 0. The second-order valence-electron chi connectivity index (χ2n) is 4.12. The summed E-state index contributed by atoms with van der Waals surface area (Å²) >= 11 is 0. The van der Waals surface area contributed by atoms with Crippen molar-refractivity contribution in [1.29, 1.82) is 0 Å². The Hall–Kier alpha value is -1.30. The maximum atomic E-state index is 2.38. The van der Waals surface area contributed by atoms with Gasteiger partial charge in [0.1, 0.15) is 0 Å². The van der Waals surface area contributed by atoms with Crippen LogP contribution in [0.25, 0.3) is 18.2 Å². The highest BCUT2D eigenvalue weighted by Crippen LogP contribution is 2.08. The van der Waals surface area contributed by atoms with Crippen LogP contribution < -0.4 is 10.4 Å². The summed E-state index contributed by atoms with van der Waals surface area (Å²) in [5, 5.41) is 2.90. The molecule has 2 aliphatic rings. The van der Waals surface area contributed by atoms with Crippen LogP contribution in [0, 0.1) is 0 Å². The number of aryl methyl sites for hydroxylation is 1. The summed E-state index contributed by atoms with van der Waals surface area (Å²) < 4.78 is 0. The molecule has 0 fully saturated rings. The first-order valence-electron chi connectivity index (χ1n) is 5.43. The second-order valence-corrected chi connectivity index (χ2v) is 4.12. The van der Waals surface area contributed by atoms with Crippen molar-refractivity contribution >= 4 is 18.2 Å². The summed E-state index contributed by atoms with van der Waals surface area (Å²) in [6, 6.07) is 4.72. The molecule has 1 aromatic carbocycles. The average Bonchev–Trinajstić information content (AvgIpc) is 2.26. The lowest BCUT2D eigenvalue weighted by molar-refractivity contribution is 0.835. The summed E-state index contributed by atoms with van der Waals surface area (Å²) in [5.41, 5.74) is 2.94. The molecule has 0 N–H and O–H groups in total. The van der Waals surface area contributed by atoms with Crippen molar-refractivity contribution in [3.8, 4) is 0 Å². The first-order valence-corrected chi connectivity index (χ1v) is 5.43. The predicted octanol–water partition coefficient (Wildman–Crippen LogP) is 2.00. The molecule has 0 spiro atoms. The van der Waals surface area contributed by atoms with Gasteiger partial charge in [0.25, 0.3) is 0 Å². The normalized spacial score (nSPS) is 17.7. The highest BCUT2D eigenvalue weighted by Gasteiger charge is 2.04. The Morgan fingerprint density at radius 2 is 2.00 bits per heavy atom. The molecule has 0 nitrogen and oxygen atoms in total. The van der Waals surface area contributed by atoms with E-state index in [9.17, 15) is 0 Å². The maximum Gasteiger partial charge on any atom is -0.0157 e. The lowest BCUT2D eigenvalue weighted by Gasteiger charge is -2.11. The van der Waals surface area contributed by atoms with E-state index >= 15 is 0 Å². The zero-order valence-corrected chi connectivity index (χ0v) is 8.29. The molecule has 0 heteroatoms. The van der Waals surface area contributed by atoms with Crippen molar-refractivity contribution in [2.24, 2.45) is 0 Å². The van der Waals surface area contributed by atoms with Crippen LogP contribution >= 0.6 is 0 Å². The van der Waals surface area contributed by atoms with Gasteiger partial charge in [-0.2, -0.15) is 0 Å². The van der Waals surface area contributed by atoms with Crippen LogP contribution in [0.1, 0.15) is 30.4 Å². The minimum atomic E-state index is 1.09. The van der Waals surface area contributed by atoms with E-state index in [0.29, 0.717) is 0 Å². The monoisotopic (exact) mass is 182 g/mol. The van der Waals surface area contributed by atoms with Gasteiger partial charge in [-0.15, -0.1) is 0 Å². The molecule has 0 atom stereocenters. The Labute approximate surface area is 84.3 Å². The number of benzene rings is 1. The van der Waals surface area contributed by atoms with Gasteiger partial charge in [0.2, 0.25) is 0 Å². The van der Waals surface area contributed by atoms with Gasteiger partial charge in [0, 0.05) is 0 Å². The molecule has 0 unspecified atom stereocenters. The number of fused-ring (bicyclic) bond motifs is 2. The molecule has 3 rings (SSSR count). The third kappa shape index (κ3) is 1.22. The zero-order valence-electron chi connectivity index (χ0n) is 8.29. The van der Waals surface area contributed by atoms with Crippen LogP contribution in [-0.4, -0.2) is 0 Å². The number of allylic oxidation sites excluding steroid dienone is 1. The molecule has 0 aromatic heterocycles. The largest absolute Gasteiger partial charge is 0.0801 e. The second kappa shape index (κ2) is 3.13. The van der Waals surface area contributed by atoms with E-state index in [-0.39, 0.29) is 0 Å². The summed E-state index contributed by atoms with van der Waals surface area (Å²) in [4.78, 5) is 0. The van der Waals surface area contributed by atoms with Crippen LogP contribution in [-0.2, 0) is 6.42 Å². The van der Waals surface area contributed by atoms with E-state index in [2.05, 4.69) is 36.4 Å². The van der Waals surface area contributed by atoms with Crippen LogP contribution in [0.15, 0.2) is 18.2 Å². The van der Waals surface area contributed by atoms with E-state index in [0.717, 1.165) is 6.42 Å². The van der Waals surface area contributed by atoms with Crippen molar-refractivity contribution in [2.75, 3.05) is 0 Å². The highest BCUT2D eigenvalue weighted by atomic mass is 14.1. The first-order chi connectivity index (χ1) is 6.93. The molecular formula is C14H14. The van der Waals surface area contributed by atoms with Gasteiger partial charge in [-0.05, 0) is 53.3 Å². The van der Waals surface area contributed by atoms with Gasteiger partial charge in [-0.3, -0.25) is 0 Å². The number of rotatable bonds is 0. The third-order valence-electron chi connectivity index (χ3n) is 3.13. The van der Waals surface area contributed by atoms with Crippen molar-refractivity contribution in [3.05, 3.63) is 39.8 Å². The van der Waals surface area contributed by atoms with Gasteiger partial charge in [0.15, 0.2) is 0 Å². The molecule has 1 aromatic rings. The Bertz CT molecular complexity index is 504. The van der Waals surface area contributed by atoms with Crippen LogP contribution in [0.2, 0.25) is 0 Å². The van der Waals surface area contributed by atoms with Crippen LogP contribution in [0.4, 0.5) is 0 Å². The Morgan fingerprint density at radius 3 is 3.00 bits per heavy atom. The van der Waals surface area contributed by atoms with E-state index in [1.54, 1.807) is 5.56 Å². The minimum Gasteiger partial charge on any atom is -0.0801 e. The Balaban J connectivity index is 2.33. The zero-order chi connectivity index (χ0) is 9.38. The molecule has 0 saturated carbocycles. The van der Waals surface area contributed by atoms with Gasteiger partial charge in [-0.25, -0.2) is 0 Å². The van der Waals surface area contributed by atoms with E-state index in [4.69, 9.17) is 0 Å². The van der Waals surface area contributed by atoms with E-state index in [1.807, 2.05) is 0 Å². The lowest BCUT2D eigenvalue weighted by Crippen LogP contribution is -2.21. The molecule has 0 heterocycles. The third-order valence-corrected chi connectivity index (χ3v) is 3.13. The van der Waals surface area contributed by atoms with Gasteiger partial charge in [0.05, 0.1) is 0 Å². The van der Waals surface area contributed by atoms with Gasteiger partial charge >= 0.3 is 0 Å². The Kier molecular flexibility index (Phi) is 1.80. The van der Waals surface area contributed by atoms with E-state index in [1.165, 1.54) is 35.3 Å². The molecule has 70 valence electrons. The SMILES string of the molecule is C1=Cc2cc3c(cc2=CC1)CCCC=3. The molecule has 0 radical (unpaired) electrons. The smallest absolute Gasteiger partial charge is 0.0157 e. The average molecular weight is 182 g/mol. The fourth-order valence-electron chi connectivity index (χ4n) is 2.37. The molecule has 0 saturated heterocycles. The van der Waals surface area contributed by atoms with Crippen molar-refractivity contribution in [3.63, 3.8) is 0 Å².